The van der Waals surface area contributed by atoms with Crippen LogP contribution in [0.1, 0.15) is 45.7 Å². The van der Waals surface area contributed by atoms with Gasteiger partial charge in [0.15, 0.2) is 9.84 Å². The van der Waals surface area contributed by atoms with E-state index in [1.54, 1.807) is 4.90 Å². The Hall–Kier alpha value is -3.17. The number of benzene rings is 2. The molecule has 2 aromatic carbocycles. The van der Waals surface area contributed by atoms with Gasteiger partial charge in [-0.1, -0.05) is 18.6 Å². The number of rotatable bonds is 4. The molecule has 8 nitrogen and oxygen atoms in total. The molecule has 1 aromatic heterocycles. The third-order valence-electron chi connectivity index (χ3n) is 8.35. The molecule has 3 heterocycles. The lowest BCUT2D eigenvalue weighted by Gasteiger charge is -2.42. The third kappa shape index (κ3) is 4.73. The Morgan fingerprint density at radius 3 is 2.18 bits per heavy atom. The zero-order chi connectivity index (χ0) is 26.4. The Balaban J connectivity index is 1.32. The summed E-state index contributed by atoms with van der Waals surface area (Å²) in [5.74, 6) is -0.207. The molecule has 2 aliphatic heterocycles. The molecular weight excluding hydrogens is 500 g/mol. The van der Waals surface area contributed by atoms with E-state index in [1.165, 1.54) is 19.3 Å². The van der Waals surface area contributed by atoms with E-state index in [0.29, 0.717) is 17.3 Å². The standard InChI is InChI=1S/C29H34N4O4S/c1-21-4-2-7-25(18-21)33-26-9-8-22(28(34)31-12-10-30(11-13-31)24-5-3-6-24)19-23(26)20-27(33)29(35)32-14-16-38(36,37)17-15-32/h2,4,7-9,18-20,24H,3,5-6,10-17H2,1H3. The maximum Gasteiger partial charge on any atom is 0.270 e. The largest absolute Gasteiger partial charge is 0.336 e. The van der Waals surface area contributed by atoms with Crippen molar-refractivity contribution in [1.82, 2.24) is 19.3 Å². The van der Waals surface area contributed by atoms with Crippen LogP contribution in [-0.2, 0) is 9.84 Å². The molecular formula is C29H34N4O4S. The molecule has 0 unspecified atom stereocenters. The Kier molecular flexibility index (Phi) is 6.52. The molecule has 0 radical (unpaired) electrons. The molecule has 0 atom stereocenters. The number of nitrogens with zero attached hydrogens (tertiary/aromatic N) is 4. The number of fused-ring (bicyclic) bond motifs is 1. The first-order valence-electron chi connectivity index (χ1n) is 13.5. The van der Waals surface area contributed by atoms with Gasteiger partial charge in [-0.3, -0.25) is 14.5 Å². The number of hydrogen-bond acceptors (Lipinski definition) is 5. The summed E-state index contributed by atoms with van der Waals surface area (Å²) in [5, 5.41) is 0.818. The van der Waals surface area contributed by atoms with E-state index in [2.05, 4.69) is 4.90 Å². The van der Waals surface area contributed by atoms with Crippen LogP contribution >= 0.6 is 0 Å². The van der Waals surface area contributed by atoms with Crippen molar-refractivity contribution in [2.24, 2.45) is 0 Å². The van der Waals surface area contributed by atoms with Crippen LogP contribution in [0, 0.1) is 6.92 Å². The summed E-state index contributed by atoms with van der Waals surface area (Å²) in [6.45, 7) is 5.70. The highest BCUT2D eigenvalue weighted by Crippen LogP contribution is 2.29. The molecule has 3 aliphatic rings. The van der Waals surface area contributed by atoms with Gasteiger partial charge in [0.1, 0.15) is 5.69 Å². The lowest BCUT2D eigenvalue weighted by atomic mass is 9.91. The van der Waals surface area contributed by atoms with E-state index in [0.717, 1.165) is 48.3 Å². The van der Waals surface area contributed by atoms with Gasteiger partial charge in [0, 0.05) is 61.9 Å². The van der Waals surface area contributed by atoms with Crippen LogP contribution in [-0.4, -0.2) is 96.3 Å². The summed E-state index contributed by atoms with van der Waals surface area (Å²) < 4.78 is 25.8. The van der Waals surface area contributed by atoms with Crippen molar-refractivity contribution < 1.29 is 18.0 Å². The lowest BCUT2D eigenvalue weighted by Crippen LogP contribution is -2.53. The summed E-state index contributed by atoms with van der Waals surface area (Å²) >= 11 is 0. The van der Waals surface area contributed by atoms with Gasteiger partial charge in [0.25, 0.3) is 11.8 Å². The van der Waals surface area contributed by atoms with E-state index in [4.69, 9.17) is 0 Å². The summed E-state index contributed by atoms with van der Waals surface area (Å²) in [5.41, 5.74) is 3.87. The molecule has 1 aliphatic carbocycles. The summed E-state index contributed by atoms with van der Waals surface area (Å²) in [4.78, 5) is 33.2. The van der Waals surface area contributed by atoms with Crippen LogP contribution < -0.4 is 0 Å². The predicted octanol–water partition coefficient (Wildman–Crippen LogP) is 3.12. The minimum Gasteiger partial charge on any atom is -0.336 e. The first-order valence-corrected chi connectivity index (χ1v) is 15.4. The van der Waals surface area contributed by atoms with Crippen LogP contribution in [0.4, 0.5) is 0 Å². The molecule has 3 fully saturated rings. The van der Waals surface area contributed by atoms with Gasteiger partial charge in [-0.15, -0.1) is 0 Å². The van der Waals surface area contributed by atoms with Crippen LogP contribution in [0.25, 0.3) is 16.6 Å². The molecule has 0 bridgehead atoms. The second-order valence-electron chi connectivity index (χ2n) is 10.8. The maximum atomic E-state index is 13.7. The van der Waals surface area contributed by atoms with Gasteiger partial charge in [-0.2, -0.15) is 0 Å². The summed E-state index contributed by atoms with van der Waals surface area (Å²) in [6, 6.07) is 16.2. The number of hydrogen-bond donors (Lipinski definition) is 0. The van der Waals surface area contributed by atoms with Crippen molar-refractivity contribution >= 4 is 32.6 Å². The topological polar surface area (TPSA) is 82.9 Å². The monoisotopic (exact) mass is 534 g/mol. The van der Waals surface area contributed by atoms with Gasteiger partial charge >= 0.3 is 0 Å². The highest BCUT2D eigenvalue weighted by atomic mass is 32.2. The highest BCUT2D eigenvalue weighted by Gasteiger charge is 2.31. The Bertz CT molecular complexity index is 1490. The Morgan fingerprint density at radius 2 is 1.53 bits per heavy atom. The number of carbonyl (C=O) groups excluding carboxylic acids is 2. The third-order valence-corrected chi connectivity index (χ3v) is 9.96. The fourth-order valence-electron chi connectivity index (χ4n) is 5.85. The van der Waals surface area contributed by atoms with Crippen LogP contribution in [0.15, 0.2) is 48.5 Å². The number of piperazine rings is 1. The number of aryl methyl sites for hydroxylation is 1. The number of aromatic nitrogens is 1. The average molecular weight is 535 g/mol. The SMILES string of the molecule is Cc1cccc(-n2c(C(=O)N3CCS(=O)(=O)CC3)cc3cc(C(=O)N4CCN(C5CCC5)CC4)ccc32)c1. The predicted molar refractivity (Wildman–Crippen MR) is 148 cm³/mol. The first-order chi connectivity index (χ1) is 18.3. The van der Waals surface area contributed by atoms with Crippen molar-refractivity contribution in [3.05, 3.63) is 65.4 Å². The number of sulfone groups is 1. The second kappa shape index (κ2) is 9.85. The summed E-state index contributed by atoms with van der Waals surface area (Å²) in [7, 11) is -3.10. The fourth-order valence-corrected chi connectivity index (χ4v) is 7.05. The van der Waals surface area contributed by atoms with Gasteiger partial charge < -0.3 is 14.4 Å². The molecule has 2 amide bonds. The van der Waals surface area contributed by atoms with Crippen molar-refractivity contribution in [2.45, 2.75) is 32.2 Å². The molecule has 3 aromatic rings. The molecule has 200 valence electrons. The van der Waals surface area contributed by atoms with E-state index < -0.39 is 9.84 Å². The zero-order valence-corrected chi connectivity index (χ0v) is 22.6. The number of amides is 2. The Morgan fingerprint density at radius 1 is 0.816 bits per heavy atom. The molecule has 1 saturated carbocycles. The molecule has 2 saturated heterocycles. The second-order valence-corrected chi connectivity index (χ2v) is 13.1. The molecule has 9 heteroatoms. The van der Waals surface area contributed by atoms with Gasteiger partial charge in [0.05, 0.1) is 17.0 Å². The van der Waals surface area contributed by atoms with Crippen LogP contribution in [0.2, 0.25) is 0 Å². The van der Waals surface area contributed by atoms with E-state index in [1.807, 2.05) is 64.9 Å². The first kappa shape index (κ1) is 25.1. The molecule has 6 rings (SSSR count). The molecule has 0 N–H and O–H groups in total. The van der Waals surface area contributed by atoms with Crippen molar-refractivity contribution in [2.75, 3.05) is 50.8 Å². The normalized spacial score (nSPS) is 20.4. The zero-order valence-electron chi connectivity index (χ0n) is 21.8. The van der Waals surface area contributed by atoms with Gasteiger partial charge in [0.2, 0.25) is 0 Å². The van der Waals surface area contributed by atoms with Crippen molar-refractivity contribution in [1.29, 1.82) is 0 Å². The average Bonchev–Trinajstić information content (AvgIpc) is 3.26. The van der Waals surface area contributed by atoms with Crippen LogP contribution in [0.3, 0.4) is 0 Å². The molecule has 0 spiro atoms. The highest BCUT2D eigenvalue weighted by molar-refractivity contribution is 7.91. The van der Waals surface area contributed by atoms with E-state index in [-0.39, 0.29) is 36.4 Å². The number of carbonyl (C=O) groups is 2. The fraction of sp³-hybridized carbons (Fsp3) is 0.448. The van der Waals surface area contributed by atoms with Crippen LogP contribution in [0.5, 0.6) is 0 Å². The van der Waals surface area contributed by atoms with E-state index in [9.17, 15) is 18.0 Å². The lowest BCUT2D eigenvalue weighted by molar-refractivity contribution is 0.0455. The Labute approximate surface area is 223 Å². The van der Waals surface area contributed by atoms with Gasteiger partial charge in [-0.05, 0) is 61.7 Å². The van der Waals surface area contributed by atoms with E-state index >= 15 is 0 Å². The minimum atomic E-state index is -3.10. The summed E-state index contributed by atoms with van der Waals surface area (Å²) in [6.07, 6.45) is 3.86. The maximum absolute atomic E-state index is 13.7. The van der Waals surface area contributed by atoms with Gasteiger partial charge in [-0.25, -0.2) is 8.42 Å². The van der Waals surface area contributed by atoms with Crippen molar-refractivity contribution in [3.8, 4) is 5.69 Å². The smallest absolute Gasteiger partial charge is 0.270 e. The molecule has 38 heavy (non-hydrogen) atoms. The van der Waals surface area contributed by atoms with Crippen molar-refractivity contribution in [3.63, 3.8) is 0 Å². The quantitative estimate of drug-likeness (QED) is 0.514. The minimum absolute atomic E-state index is 0.0178.